The topological polar surface area (TPSA) is 82.7 Å². The van der Waals surface area contributed by atoms with Gasteiger partial charge in [0.05, 0.1) is 5.69 Å². The van der Waals surface area contributed by atoms with Crippen LogP contribution in [0.1, 0.15) is 39.5 Å². The highest BCUT2D eigenvalue weighted by Gasteiger charge is 2.28. The molecule has 1 saturated carbocycles. The zero-order chi connectivity index (χ0) is 20.1. The summed E-state index contributed by atoms with van der Waals surface area (Å²) in [6.45, 7) is 4.77. The Bertz CT molecular complexity index is 742. The molecule has 2 amide bonds. The summed E-state index contributed by atoms with van der Waals surface area (Å²) < 4.78 is 5.41. The highest BCUT2D eigenvalue weighted by atomic mass is 32.1. The van der Waals surface area contributed by atoms with Crippen molar-refractivity contribution in [3.8, 4) is 5.75 Å². The van der Waals surface area contributed by atoms with Crippen molar-refractivity contribution in [2.45, 2.75) is 45.6 Å². The molecule has 1 aliphatic heterocycles. The largest absolute Gasteiger partial charge is 0.482 e. The van der Waals surface area contributed by atoms with Gasteiger partial charge >= 0.3 is 0 Å². The van der Waals surface area contributed by atoms with Crippen molar-refractivity contribution >= 4 is 34.8 Å². The van der Waals surface area contributed by atoms with Crippen LogP contribution in [0.5, 0.6) is 5.75 Å². The summed E-state index contributed by atoms with van der Waals surface area (Å²) in [6, 6.07) is 7.64. The molecule has 7 nitrogen and oxygen atoms in total. The Morgan fingerprint density at radius 1 is 1.25 bits per heavy atom. The summed E-state index contributed by atoms with van der Waals surface area (Å²) in [7, 11) is 0. The number of hydrazine groups is 1. The SMILES string of the molecule is C[C@@H]1[C@@H](C)CCC[C@H]1NC(=S)NNC(=O)CCN1C(=O)COc2ccccc21. The van der Waals surface area contributed by atoms with Gasteiger partial charge in [0.15, 0.2) is 11.7 Å². The zero-order valence-electron chi connectivity index (χ0n) is 16.4. The van der Waals surface area contributed by atoms with Crippen LogP contribution in [0.4, 0.5) is 5.69 Å². The molecule has 1 aliphatic carbocycles. The van der Waals surface area contributed by atoms with Gasteiger partial charge in [0.2, 0.25) is 5.91 Å². The van der Waals surface area contributed by atoms with Gasteiger partial charge in [-0.15, -0.1) is 0 Å². The quantitative estimate of drug-likeness (QED) is 0.527. The Morgan fingerprint density at radius 3 is 2.86 bits per heavy atom. The number of nitrogens with one attached hydrogen (secondary N) is 3. The van der Waals surface area contributed by atoms with Crippen molar-refractivity contribution in [1.29, 1.82) is 0 Å². The van der Waals surface area contributed by atoms with Gasteiger partial charge in [0, 0.05) is 19.0 Å². The molecule has 1 aromatic rings. The maximum Gasteiger partial charge on any atom is 0.265 e. The minimum Gasteiger partial charge on any atom is -0.482 e. The predicted octanol–water partition coefficient (Wildman–Crippen LogP) is 2.12. The molecule has 28 heavy (non-hydrogen) atoms. The molecule has 3 atom stereocenters. The Kier molecular flexibility index (Phi) is 6.72. The molecule has 0 aromatic heterocycles. The fourth-order valence-electron chi connectivity index (χ4n) is 3.79. The Labute approximate surface area is 171 Å². The molecular weight excluding hydrogens is 376 g/mol. The fraction of sp³-hybridized carbons (Fsp3) is 0.550. The molecule has 3 rings (SSSR count). The van der Waals surface area contributed by atoms with E-state index in [-0.39, 0.29) is 31.4 Å². The van der Waals surface area contributed by atoms with E-state index in [4.69, 9.17) is 17.0 Å². The second kappa shape index (κ2) is 9.23. The minimum atomic E-state index is -0.231. The fourth-order valence-corrected chi connectivity index (χ4v) is 3.99. The third-order valence-electron chi connectivity index (χ3n) is 5.71. The number of para-hydroxylation sites is 2. The van der Waals surface area contributed by atoms with E-state index in [1.807, 2.05) is 24.3 Å². The average Bonchev–Trinajstić information content (AvgIpc) is 2.69. The maximum absolute atomic E-state index is 12.2. The number of rotatable bonds is 4. The van der Waals surface area contributed by atoms with Crippen LogP contribution in [0.25, 0.3) is 0 Å². The van der Waals surface area contributed by atoms with E-state index in [1.165, 1.54) is 12.8 Å². The van der Waals surface area contributed by atoms with Crippen LogP contribution in [0.15, 0.2) is 24.3 Å². The van der Waals surface area contributed by atoms with E-state index in [2.05, 4.69) is 30.0 Å². The summed E-state index contributed by atoms with van der Waals surface area (Å²) in [5.74, 6) is 1.47. The van der Waals surface area contributed by atoms with E-state index in [0.29, 0.717) is 34.4 Å². The molecule has 1 fully saturated rings. The summed E-state index contributed by atoms with van der Waals surface area (Å²) in [6.07, 6.45) is 3.68. The maximum atomic E-state index is 12.2. The van der Waals surface area contributed by atoms with Crippen LogP contribution in [0, 0.1) is 11.8 Å². The molecule has 0 radical (unpaired) electrons. The van der Waals surface area contributed by atoms with E-state index in [0.717, 1.165) is 6.42 Å². The van der Waals surface area contributed by atoms with Gasteiger partial charge in [0.1, 0.15) is 5.75 Å². The molecule has 0 saturated heterocycles. The lowest BCUT2D eigenvalue weighted by atomic mass is 9.78. The number of nitrogens with zero attached hydrogens (tertiary/aromatic N) is 1. The highest BCUT2D eigenvalue weighted by Crippen LogP contribution is 2.31. The first-order valence-corrected chi connectivity index (χ1v) is 10.2. The van der Waals surface area contributed by atoms with Crippen LogP contribution in [0.3, 0.4) is 0 Å². The lowest BCUT2D eigenvalue weighted by Gasteiger charge is -2.35. The number of carbonyl (C=O) groups excluding carboxylic acids is 2. The first-order chi connectivity index (χ1) is 13.5. The number of hydrogen-bond acceptors (Lipinski definition) is 4. The third-order valence-corrected chi connectivity index (χ3v) is 5.93. The summed E-state index contributed by atoms with van der Waals surface area (Å²) in [4.78, 5) is 25.9. The zero-order valence-corrected chi connectivity index (χ0v) is 17.2. The average molecular weight is 405 g/mol. The number of ether oxygens (including phenoxy) is 1. The van der Waals surface area contributed by atoms with Crippen LogP contribution in [-0.2, 0) is 9.59 Å². The number of benzene rings is 1. The summed E-state index contributed by atoms with van der Waals surface area (Å²) in [5, 5.41) is 3.73. The lowest BCUT2D eigenvalue weighted by Crippen LogP contribution is -2.53. The number of anilines is 1. The van der Waals surface area contributed by atoms with E-state index in [1.54, 1.807) is 4.90 Å². The summed E-state index contributed by atoms with van der Waals surface area (Å²) in [5.41, 5.74) is 6.08. The molecule has 0 unspecified atom stereocenters. The number of thiocarbonyl (C=S) groups is 1. The minimum absolute atomic E-state index is 0.0110. The summed E-state index contributed by atoms with van der Waals surface area (Å²) >= 11 is 5.31. The number of fused-ring (bicyclic) bond motifs is 1. The van der Waals surface area contributed by atoms with Crippen LogP contribution >= 0.6 is 12.2 Å². The van der Waals surface area contributed by atoms with Crippen molar-refractivity contribution in [2.24, 2.45) is 11.8 Å². The van der Waals surface area contributed by atoms with Gasteiger partial charge in [0.25, 0.3) is 5.91 Å². The van der Waals surface area contributed by atoms with Crippen LogP contribution in [0.2, 0.25) is 0 Å². The number of hydrogen-bond donors (Lipinski definition) is 3. The first-order valence-electron chi connectivity index (χ1n) is 9.83. The van der Waals surface area contributed by atoms with Crippen molar-refractivity contribution in [3.05, 3.63) is 24.3 Å². The monoisotopic (exact) mass is 404 g/mol. The Balaban J connectivity index is 1.43. The normalized spacial score (nSPS) is 24.0. The Hall–Kier alpha value is -2.35. The predicted molar refractivity (Wildman–Crippen MR) is 112 cm³/mol. The van der Waals surface area contributed by atoms with Crippen molar-refractivity contribution in [1.82, 2.24) is 16.2 Å². The number of carbonyl (C=O) groups is 2. The molecule has 2 aliphatic rings. The smallest absolute Gasteiger partial charge is 0.265 e. The molecule has 3 N–H and O–H groups in total. The third kappa shape index (κ3) is 4.92. The van der Waals surface area contributed by atoms with Gasteiger partial charge in [-0.1, -0.05) is 38.8 Å². The standard InChI is InChI=1S/C20H28N4O3S/c1-13-6-5-7-15(14(13)2)21-20(28)23-22-18(25)10-11-24-16-8-3-4-9-17(16)27-12-19(24)26/h3-4,8-9,13-15H,5-7,10-12H2,1-2H3,(H,22,25)(H2,21,23,28)/t13-,14+,15+/m0/s1. The van der Waals surface area contributed by atoms with E-state index in [9.17, 15) is 9.59 Å². The molecule has 0 bridgehead atoms. The van der Waals surface area contributed by atoms with Gasteiger partial charge < -0.3 is 15.0 Å². The van der Waals surface area contributed by atoms with Gasteiger partial charge in [-0.05, 0) is 42.6 Å². The van der Waals surface area contributed by atoms with Crippen molar-refractivity contribution < 1.29 is 14.3 Å². The molecule has 152 valence electrons. The molecule has 0 spiro atoms. The molecule has 1 heterocycles. The van der Waals surface area contributed by atoms with Gasteiger partial charge in [-0.3, -0.25) is 20.4 Å². The van der Waals surface area contributed by atoms with Gasteiger partial charge in [-0.25, -0.2) is 0 Å². The molecule has 1 aromatic carbocycles. The molecular formula is C20H28N4O3S. The number of amides is 2. The van der Waals surface area contributed by atoms with Gasteiger partial charge in [-0.2, -0.15) is 0 Å². The van der Waals surface area contributed by atoms with E-state index < -0.39 is 0 Å². The second-order valence-corrected chi connectivity index (χ2v) is 7.98. The first kappa shape index (κ1) is 20.4. The lowest BCUT2D eigenvalue weighted by molar-refractivity contribution is -0.122. The van der Waals surface area contributed by atoms with E-state index >= 15 is 0 Å². The highest BCUT2D eigenvalue weighted by molar-refractivity contribution is 7.80. The van der Waals surface area contributed by atoms with Crippen molar-refractivity contribution in [2.75, 3.05) is 18.1 Å². The van der Waals surface area contributed by atoms with Crippen molar-refractivity contribution in [3.63, 3.8) is 0 Å². The molecule has 8 heteroatoms. The Morgan fingerprint density at radius 2 is 2.04 bits per heavy atom. The second-order valence-electron chi connectivity index (χ2n) is 7.57. The van der Waals surface area contributed by atoms with Crippen LogP contribution in [-0.4, -0.2) is 36.1 Å². The van der Waals surface area contributed by atoms with Crippen LogP contribution < -0.4 is 25.8 Å².